The van der Waals surface area contributed by atoms with Crippen LogP contribution in [0.4, 0.5) is 19.3 Å². The van der Waals surface area contributed by atoms with Crippen molar-refractivity contribution in [1.82, 2.24) is 5.32 Å². The fourth-order valence-corrected chi connectivity index (χ4v) is 2.87. The van der Waals surface area contributed by atoms with Gasteiger partial charge in [0.25, 0.3) is 0 Å². The third-order valence-corrected chi connectivity index (χ3v) is 4.48. The maximum atomic E-state index is 13.3. The second-order valence-electron chi connectivity index (χ2n) is 6.94. The molecule has 0 aliphatic heterocycles. The van der Waals surface area contributed by atoms with Crippen molar-refractivity contribution in [2.24, 2.45) is 0 Å². The molecule has 0 aromatic heterocycles. The number of hydrogen-bond donors (Lipinski definition) is 3. The van der Waals surface area contributed by atoms with Gasteiger partial charge in [0.2, 0.25) is 0 Å². The van der Waals surface area contributed by atoms with Crippen molar-refractivity contribution < 1.29 is 28.2 Å². The van der Waals surface area contributed by atoms with Gasteiger partial charge in [-0.3, -0.25) is 0 Å². The van der Waals surface area contributed by atoms with Crippen LogP contribution in [0.1, 0.15) is 17.2 Å². The van der Waals surface area contributed by atoms with E-state index in [4.69, 9.17) is 9.47 Å². The Kier molecular flexibility index (Phi) is 8.53. The van der Waals surface area contributed by atoms with Gasteiger partial charge in [-0.2, -0.15) is 0 Å². The number of carbonyl (C=O) groups excluding carboxylic acids is 1. The molecule has 0 heterocycles. The van der Waals surface area contributed by atoms with Crippen LogP contribution in [0.15, 0.2) is 72.8 Å². The molecule has 3 aromatic carbocycles. The Bertz CT molecular complexity index is 1020. The van der Waals surface area contributed by atoms with E-state index in [1.807, 2.05) is 36.4 Å². The fourth-order valence-electron chi connectivity index (χ4n) is 2.87. The summed E-state index contributed by atoms with van der Waals surface area (Å²) in [7, 11) is 0. The number of anilines is 1. The molecule has 0 bridgehead atoms. The first-order valence-electron chi connectivity index (χ1n) is 10.0. The lowest BCUT2D eigenvalue weighted by Crippen LogP contribution is -2.32. The molecule has 1 unspecified atom stereocenters. The van der Waals surface area contributed by atoms with Gasteiger partial charge in [-0.25, -0.2) is 13.6 Å². The monoisotopic (exact) mass is 442 g/mol. The zero-order chi connectivity index (χ0) is 22.8. The zero-order valence-corrected chi connectivity index (χ0v) is 17.3. The van der Waals surface area contributed by atoms with Crippen molar-refractivity contribution in [1.29, 1.82) is 0 Å². The molecule has 1 atom stereocenters. The van der Waals surface area contributed by atoms with Crippen LogP contribution in [-0.2, 0) is 11.3 Å². The molecule has 2 amide bonds. The van der Waals surface area contributed by atoms with Gasteiger partial charge in [-0.15, -0.1) is 0 Å². The first-order valence-corrected chi connectivity index (χ1v) is 10.0. The number of amides is 2. The van der Waals surface area contributed by atoms with Crippen LogP contribution in [0.2, 0.25) is 0 Å². The van der Waals surface area contributed by atoms with Crippen molar-refractivity contribution >= 4 is 11.7 Å². The molecule has 32 heavy (non-hydrogen) atoms. The topological polar surface area (TPSA) is 79.8 Å². The summed E-state index contributed by atoms with van der Waals surface area (Å²) in [5, 5.41) is 15.2. The molecular formula is C24H24F2N2O4. The predicted molar refractivity (Wildman–Crippen MR) is 116 cm³/mol. The highest BCUT2D eigenvalue weighted by Crippen LogP contribution is 2.16. The molecule has 8 heteroatoms. The number of carbonyl (C=O) groups is 1. The Hall–Kier alpha value is -3.49. The summed E-state index contributed by atoms with van der Waals surface area (Å²) in [4.78, 5) is 12.1. The molecule has 6 nitrogen and oxygen atoms in total. The summed E-state index contributed by atoms with van der Waals surface area (Å²) in [6.07, 6.45) is -1.17. The molecule has 0 spiro atoms. The number of halogens is 2. The van der Waals surface area contributed by atoms with E-state index in [-0.39, 0.29) is 12.1 Å². The summed E-state index contributed by atoms with van der Waals surface area (Å²) >= 11 is 0. The zero-order valence-electron chi connectivity index (χ0n) is 17.3. The number of nitrogens with one attached hydrogen (secondary N) is 2. The van der Waals surface area contributed by atoms with Crippen LogP contribution in [0.25, 0.3) is 0 Å². The molecule has 0 radical (unpaired) electrons. The third-order valence-electron chi connectivity index (χ3n) is 4.48. The van der Waals surface area contributed by atoms with Crippen LogP contribution in [0, 0.1) is 11.6 Å². The van der Waals surface area contributed by atoms with Crippen molar-refractivity contribution in [2.75, 3.05) is 25.1 Å². The van der Waals surface area contributed by atoms with E-state index in [0.717, 1.165) is 23.4 Å². The van der Waals surface area contributed by atoms with Crippen LogP contribution >= 0.6 is 0 Å². The normalized spacial score (nSPS) is 11.6. The second kappa shape index (κ2) is 11.8. The molecule has 0 saturated heterocycles. The van der Waals surface area contributed by atoms with E-state index < -0.39 is 23.8 Å². The lowest BCUT2D eigenvalue weighted by Gasteiger charge is -2.14. The average Bonchev–Trinajstić information content (AvgIpc) is 2.80. The smallest absolute Gasteiger partial charge is 0.319 e. The number of hydrogen-bond acceptors (Lipinski definition) is 4. The Morgan fingerprint density at radius 1 is 0.938 bits per heavy atom. The van der Waals surface area contributed by atoms with Crippen molar-refractivity contribution in [3.63, 3.8) is 0 Å². The minimum absolute atomic E-state index is 0.166. The summed E-state index contributed by atoms with van der Waals surface area (Å²) < 4.78 is 37.4. The lowest BCUT2D eigenvalue weighted by atomic mass is 10.1. The maximum absolute atomic E-state index is 13.3. The molecular weight excluding hydrogens is 418 g/mol. The minimum atomic E-state index is -1.17. The van der Waals surface area contributed by atoms with Gasteiger partial charge in [0, 0.05) is 12.2 Å². The largest absolute Gasteiger partial charge is 0.491 e. The minimum Gasteiger partial charge on any atom is -0.491 e. The van der Waals surface area contributed by atoms with Crippen LogP contribution in [0.5, 0.6) is 5.75 Å². The number of rotatable bonds is 10. The average molecular weight is 442 g/mol. The molecule has 3 rings (SSSR count). The first kappa shape index (κ1) is 23.2. The van der Waals surface area contributed by atoms with Gasteiger partial charge in [0.05, 0.1) is 19.3 Å². The molecule has 0 aliphatic carbocycles. The van der Waals surface area contributed by atoms with Gasteiger partial charge in [0.15, 0.2) is 11.6 Å². The molecule has 3 N–H and O–H groups in total. The molecule has 168 valence electrons. The highest BCUT2D eigenvalue weighted by atomic mass is 19.2. The first-order chi connectivity index (χ1) is 15.5. The number of aliphatic hydroxyl groups is 1. The van der Waals surface area contributed by atoms with Crippen molar-refractivity contribution in [2.45, 2.75) is 12.7 Å². The van der Waals surface area contributed by atoms with Gasteiger partial charge in [0.1, 0.15) is 12.4 Å². The van der Waals surface area contributed by atoms with Crippen molar-refractivity contribution in [3.05, 3.63) is 95.6 Å². The molecule has 0 fully saturated rings. The Labute approximate surface area is 184 Å². The Morgan fingerprint density at radius 3 is 2.53 bits per heavy atom. The van der Waals surface area contributed by atoms with Gasteiger partial charge < -0.3 is 25.2 Å². The summed E-state index contributed by atoms with van der Waals surface area (Å²) in [5.74, 6) is -1.28. The van der Waals surface area contributed by atoms with Gasteiger partial charge in [-0.05, 0) is 47.5 Å². The quantitative estimate of drug-likeness (QED) is 0.406. The van der Waals surface area contributed by atoms with Gasteiger partial charge >= 0.3 is 6.03 Å². The molecule has 0 aliphatic rings. The standard InChI is InChI=1S/C24H24F2N2O4/c25-21-10-9-18(14-22(21)26)23(29)15-27-24(30)28-19-6-4-5-17(13-19)16-31-11-12-32-20-7-2-1-3-8-20/h1-10,13-14,23,29H,11-12,15-16H2,(H2,27,28,30). The van der Waals surface area contributed by atoms with Gasteiger partial charge in [-0.1, -0.05) is 36.4 Å². The van der Waals surface area contributed by atoms with E-state index in [0.29, 0.717) is 25.5 Å². The number of aliphatic hydroxyl groups excluding tert-OH is 1. The number of para-hydroxylation sites is 1. The fraction of sp³-hybridized carbons (Fsp3) is 0.208. The maximum Gasteiger partial charge on any atom is 0.319 e. The summed E-state index contributed by atoms with van der Waals surface area (Å²) in [6.45, 7) is 1.02. The summed E-state index contributed by atoms with van der Waals surface area (Å²) in [5.41, 5.74) is 1.58. The number of ether oxygens (including phenoxy) is 2. The van der Waals surface area contributed by atoms with E-state index in [1.54, 1.807) is 18.2 Å². The van der Waals surface area contributed by atoms with Crippen LogP contribution in [-0.4, -0.2) is 30.9 Å². The Morgan fingerprint density at radius 2 is 1.75 bits per heavy atom. The van der Waals surface area contributed by atoms with Crippen LogP contribution < -0.4 is 15.4 Å². The molecule has 0 saturated carbocycles. The van der Waals surface area contributed by atoms with E-state index >= 15 is 0 Å². The third kappa shape index (κ3) is 7.33. The number of urea groups is 1. The highest BCUT2D eigenvalue weighted by molar-refractivity contribution is 5.89. The van der Waals surface area contributed by atoms with E-state index in [1.165, 1.54) is 6.07 Å². The summed E-state index contributed by atoms with van der Waals surface area (Å²) in [6, 6.07) is 19.1. The number of benzene rings is 3. The second-order valence-corrected chi connectivity index (χ2v) is 6.94. The van der Waals surface area contributed by atoms with Crippen LogP contribution in [0.3, 0.4) is 0 Å². The predicted octanol–water partition coefficient (Wildman–Crippen LogP) is 4.42. The van der Waals surface area contributed by atoms with E-state index in [9.17, 15) is 18.7 Å². The van der Waals surface area contributed by atoms with E-state index in [2.05, 4.69) is 10.6 Å². The Balaban J connectivity index is 1.39. The molecule has 3 aromatic rings. The SMILES string of the molecule is O=C(NCC(O)c1ccc(F)c(F)c1)Nc1cccc(COCCOc2ccccc2)c1. The van der Waals surface area contributed by atoms with Crippen molar-refractivity contribution in [3.8, 4) is 5.75 Å². The lowest BCUT2D eigenvalue weighted by molar-refractivity contribution is 0.0889. The highest BCUT2D eigenvalue weighted by Gasteiger charge is 2.12.